The van der Waals surface area contributed by atoms with Gasteiger partial charge in [-0.2, -0.15) is 0 Å². The number of carbonyl (C=O) groups is 2. The average molecular weight is 447 g/mol. The van der Waals surface area contributed by atoms with Gasteiger partial charge in [-0.3, -0.25) is 19.5 Å². The van der Waals surface area contributed by atoms with Gasteiger partial charge in [0.15, 0.2) is 0 Å². The molecule has 172 valence electrons. The molecule has 4 rings (SSSR count). The summed E-state index contributed by atoms with van der Waals surface area (Å²) in [7, 11) is 0. The Kier molecular flexibility index (Phi) is 7.19. The third-order valence-electron chi connectivity index (χ3n) is 5.65. The second-order valence-corrected chi connectivity index (χ2v) is 8.58. The Morgan fingerprint density at radius 1 is 1.12 bits per heavy atom. The van der Waals surface area contributed by atoms with Crippen molar-refractivity contribution in [3.63, 3.8) is 0 Å². The lowest BCUT2D eigenvalue weighted by Crippen LogP contribution is -2.44. The monoisotopic (exact) mass is 446 g/mol. The van der Waals surface area contributed by atoms with Gasteiger partial charge < -0.3 is 9.64 Å². The average Bonchev–Trinajstić information content (AvgIpc) is 3.49. The highest BCUT2D eigenvalue weighted by Crippen LogP contribution is 2.24. The minimum absolute atomic E-state index is 0.0171. The van der Waals surface area contributed by atoms with E-state index < -0.39 is 0 Å². The molecular weight excluding hydrogens is 416 g/mol. The summed E-state index contributed by atoms with van der Waals surface area (Å²) in [5.74, 6) is -0.129. The Labute approximate surface area is 194 Å². The van der Waals surface area contributed by atoms with E-state index in [1.807, 2.05) is 85.3 Å². The maximum absolute atomic E-state index is 13.1. The van der Waals surface area contributed by atoms with Crippen molar-refractivity contribution in [3.8, 4) is 16.9 Å². The second kappa shape index (κ2) is 10.4. The zero-order chi connectivity index (χ0) is 23.2. The number of amides is 2. The van der Waals surface area contributed by atoms with E-state index in [1.54, 1.807) is 4.90 Å². The van der Waals surface area contributed by atoms with Gasteiger partial charge in [-0.05, 0) is 25.0 Å². The van der Waals surface area contributed by atoms with Crippen LogP contribution in [0.2, 0.25) is 0 Å². The largest absolute Gasteiger partial charge is 0.376 e. The van der Waals surface area contributed by atoms with Gasteiger partial charge in [-0.15, -0.1) is 0 Å². The Morgan fingerprint density at radius 3 is 2.45 bits per heavy atom. The van der Waals surface area contributed by atoms with E-state index in [-0.39, 0.29) is 30.4 Å². The van der Waals surface area contributed by atoms with Crippen LogP contribution in [0, 0.1) is 5.92 Å². The summed E-state index contributed by atoms with van der Waals surface area (Å²) in [6, 6.07) is 19.6. The first-order valence-corrected chi connectivity index (χ1v) is 11.4. The molecule has 1 aliphatic heterocycles. The molecule has 3 aromatic rings. The number of imidazole rings is 1. The molecule has 7 heteroatoms. The fourth-order valence-electron chi connectivity index (χ4n) is 3.97. The van der Waals surface area contributed by atoms with E-state index in [0.717, 1.165) is 29.8 Å². The van der Waals surface area contributed by atoms with Crippen molar-refractivity contribution in [2.24, 2.45) is 5.92 Å². The normalized spacial score (nSPS) is 15.5. The third kappa shape index (κ3) is 5.68. The quantitative estimate of drug-likeness (QED) is 0.564. The molecule has 0 spiro atoms. The van der Waals surface area contributed by atoms with Crippen LogP contribution < -0.4 is 5.32 Å². The molecule has 2 amide bonds. The minimum Gasteiger partial charge on any atom is -0.376 e. The number of hydrogen-bond acceptors (Lipinski definition) is 4. The number of benzene rings is 2. The number of nitrogens with one attached hydrogen (secondary N) is 1. The van der Waals surface area contributed by atoms with Gasteiger partial charge in [0.25, 0.3) is 0 Å². The highest BCUT2D eigenvalue weighted by atomic mass is 16.5. The number of rotatable bonds is 8. The topological polar surface area (TPSA) is 76.5 Å². The SMILES string of the molecule is CC(C)C(=O)N(CC(=O)Nc1nc(-c2ccccc2)cn1-c1ccccc1)C[C@H]1CCCO1. The Bertz CT molecular complexity index is 1070. The van der Waals surface area contributed by atoms with Crippen molar-refractivity contribution >= 4 is 17.8 Å². The van der Waals surface area contributed by atoms with E-state index in [2.05, 4.69) is 5.32 Å². The van der Waals surface area contributed by atoms with Crippen LogP contribution in [0.15, 0.2) is 66.9 Å². The summed E-state index contributed by atoms with van der Waals surface area (Å²) in [6.07, 6.45) is 3.78. The van der Waals surface area contributed by atoms with Crippen molar-refractivity contribution in [2.45, 2.75) is 32.8 Å². The fourth-order valence-corrected chi connectivity index (χ4v) is 3.97. The maximum atomic E-state index is 13.1. The molecule has 1 saturated heterocycles. The lowest BCUT2D eigenvalue weighted by Gasteiger charge is -2.26. The number of para-hydroxylation sites is 1. The minimum atomic E-state index is -0.288. The fraction of sp³-hybridized carbons (Fsp3) is 0.346. The van der Waals surface area contributed by atoms with Gasteiger partial charge in [0.05, 0.1) is 11.8 Å². The molecule has 0 unspecified atom stereocenters. The molecule has 1 aromatic heterocycles. The van der Waals surface area contributed by atoms with Gasteiger partial charge in [0, 0.05) is 36.5 Å². The van der Waals surface area contributed by atoms with Crippen molar-refractivity contribution in [3.05, 3.63) is 66.9 Å². The lowest BCUT2D eigenvalue weighted by atomic mass is 10.1. The molecule has 2 heterocycles. The number of hydrogen-bond donors (Lipinski definition) is 1. The molecule has 7 nitrogen and oxygen atoms in total. The molecule has 1 fully saturated rings. The van der Waals surface area contributed by atoms with Gasteiger partial charge in [0.2, 0.25) is 17.8 Å². The molecule has 0 bridgehead atoms. The van der Waals surface area contributed by atoms with Gasteiger partial charge in [-0.1, -0.05) is 62.4 Å². The van der Waals surface area contributed by atoms with Crippen LogP contribution in [-0.4, -0.2) is 52.1 Å². The van der Waals surface area contributed by atoms with Crippen LogP contribution in [0.25, 0.3) is 16.9 Å². The number of aromatic nitrogens is 2. The van der Waals surface area contributed by atoms with E-state index >= 15 is 0 Å². The number of ether oxygens (including phenoxy) is 1. The summed E-state index contributed by atoms with van der Waals surface area (Å²) < 4.78 is 7.56. The first-order valence-electron chi connectivity index (χ1n) is 11.4. The standard InChI is InChI=1S/C26H30N4O3/c1-19(2)25(32)29(16-22-14-9-15-33-22)18-24(31)28-26-27-23(20-10-5-3-6-11-20)17-30(26)21-12-7-4-8-13-21/h3-8,10-13,17,19,22H,9,14-16,18H2,1-2H3,(H,27,28,31)/t22-/m1/s1. The molecule has 1 aliphatic rings. The van der Waals surface area contributed by atoms with Crippen LogP contribution in [0.5, 0.6) is 0 Å². The van der Waals surface area contributed by atoms with Crippen LogP contribution in [-0.2, 0) is 14.3 Å². The smallest absolute Gasteiger partial charge is 0.246 e. The van der Waals surface area contributed by atoms with Crippen molar-refractivity contribution in [1.82, 2.24) is 14.5 Å². The summed E-state index contributed by atoms with van der Waals surface area (Å²) in [5, 5.41) is 2.93. The van der Waals surface area contributed by atoms with Crippen LogP contribution in [0.4, 0.5) is 5.95 Å². The zero-order valence-corrected chi connectivity index (χ0v) is 19.1. The van der Waals surface area contributed by atoms with Crippen LogP contribution in [0.3, 0.4) is 0 Å². The predicted molar refractivity (Wildman–Crippen MR) is 128 cm³/mol. The van der Waals surface area contributed by atoms with E-state index in [0.29, 0.717) is 19.1 Å². The van der Waals surface area contributed by atoms with E-state index in [4.69, 9.17) is 9.72 Å². The van der Waals surface area contributed by atoms with Gasteiger partial charge in [0.1, 0.15) is 6.54 Å². The third-order valence-corrected chi connectivity index (χ3v) is 5.65. The predicted octanol–water partition coefficient (Wildman–Crippen LogP) is 4.14. The van der Waals surface area contributed by atoms with Crippen LogP contribution >= 0.6 is 0 Å². The number of nitrogens with zero attached hydrogens (tertiary/aromatic N) is 3. The Hall–Kier alpha value is -3.45. The molecule has 0 saturated carbocycles. The Balaban J connectivity index is 1.56. The maximum Gasteiger partial charge on any atom is 0.246 e. The molecule has 0 aliphatic carbocycles. The second-order valence-electron chi connectivity index (χ2n) is 8.58. The molecule has 0 radical (unpaired) electrons. The highest BCUT2D eigenvalue weighted by molar-refractivity contribution is 5.94. The summed E-state index contributed by atoms with van der Waals surface area (Å²) in [5.41, 5.74) is 2.60. The van der Waals surface area contributed by atoms with Gasteiger partial charge in [-0.25, -0.2) is 4.98 Å². The summed E-state index contributed by atoms with van der Waals surface area (Å²) in [6.45, 7) is 4.78. The molecular formula is C26H30N4O3. The summed E-state index contributed by atoms with van der Waals surface area (Å²) in [4.78, 5) is 32.1. The number of anilines is 1. The van der Waals surface area contributed by atoms with Gasteiger partial charge >= 0.3 is 0 Å². The van der Waals surface area contributed by atoms with Crippen molar-refractivity contribution in [1.29, 1.82) is 0 Å². The molecule has 33 heavy (non-hydrogen) atoms. The number of carbonyl (C=O) groups excluding carboxylic acids is 2. The highest BCUT2D eigenvalue weighted by Gasteiger charge is 2.26. The Morgan fingerprint density at radius 2 is 1.82 bits per heavy atom. The molecule has 2 aromatic carbocycles. The molecule has 1 atom stereocenters. The van der Waals surface area contributed by atoms with E-state index in [9.17, 15) is 9.59 Å². The van der Waals surface area contributed by atoms with Crippen molar-refractivity contribution < 1.29 is 14.3 Å². The first-order chi connectivity index (χ1) is 16.0. The van der Waals surface area contributed by atoms with Crippen molar-refractivity contribution in [2.75, 3.05) is 25.0 Å². The molecule has 1 N–H and O–H groups in total. The first kappa shape index (κ1) is 22.7. The van der Waals surface area contributed by atoms with E-state index in [1.165, 1.54) is 0 Å². The zero-order valence-electron chi connectivity index (χ0n) is 19.1. The lowest BCUT2D eigenvalue weighted by molar-refractivity contribution is -0.139. The van der Waals surface area contributed by atoms with Crippen LogP contribution in [0.1, 0.15) is 26.7 Å². The summed E-state index contributed by atoms with van der Waals surface area (Å²) >= 11 is 0.